The van der Waals surface area contributed by atoms with E-state index in [-0.39, 0.29) is 30.8 Å². The summed E-state index contributed by atoms with van der Waals surface area (Å²) >= 11 is 0. The number of hydrogen-bond acceptors (Lipinski definition) is 5. The van der Waals surface area contributed by atoms with Crippen molar-refractivity contribution in [1.82, 2.24) is 0 Å². The minimum absolute atomic E-state index is 0.0838. The first-order valence-corrected chi connectivity index (χ1v) is 10.7. The van der Waals surface area contributed by atoms with Crippen molar-refractivity contribution in [3.05, 3.63) is 77.4 Å². The molecule has 1 aromatic rings. The van der Waals surface area contributed by atoms with Gasteiger partial charge in [0.05, 0.1) is 6.61 Å². The highest BCUT2D eigenvalue weighted by molar-refractivity contribution is 5.89. The van der Waals surface area contributed by atoms with Crippen LogP contribution in [0.25, 0.3) is 6.08 Å². The van der Waals surface area contributed by atoms with Crippen LogP contribution in [0.3, 0.4) is 0 Å². The molecule has 0 radical (unpaired) electrons. The Morgan fingerprint density at radius 3 is 2.27 bits per heavy atom. The Morgan fingerprint density at radius 1 is 1.06 bits per heavy atom. The zero-order valence-corrected chi connectivity index (χ0v) is 19.3. The molecule has 0 unspecified atom stereocenters. The maximum Gasteiger partial charge on any atom is 0.333 e. The van der Waals surface area contributed by atoms with Gasteiger partial charge < -0.3 is 20.1 Å². The molecular weight excluding hydrogens is 424 g/mol. The number of benzene rings is 1. The molecule has 180 valence electrons. The highest BCUT2D eigenvalue weighted by atomic mass is 16.5. The number of aliphatic hydroxyl groups excluding tert-OH is 1. The van der Waals surface area contributed by atoms with Crippen molar-refractivity contribution in [3.63, 3.8) is 0 Å². The number of carbonyl (C=O) groups is 3. The summed E-state index contributed by atoms with van der Waals surface area (Å²) in [6.07, 6.45) is 10.7. The highest BCUT2D eigenvalue weighted by Crippen LogP contribution is 2.10. The topological polar surface area (TPSA) is 121 Å². The standard InChI is InChI=1S/C16H20O2.C10H14O5/c1-2-3-5-12-15(16(17)18)13-8-11-14-9-6-4-7-10-14;1-7(9(12)13)3-4-8(2)10(14)15-6-5-11/h4,6-11,13H,2-3,5,12H2,1H3,(H,17,18);3,11H,2,4-6H2,1H3,(H,12,13). The molecule has 0 spiro atoms. The van der Waals surface area contributed by atoms with E-state index in [1.807, 2.05) is 42.5 Å². The summed E-state index contributed by atoms with van der Waals surface area (Å²) in [4.78, 5) is 32.5. The summed E-state index contributed by atoms with van der Waals surface area (Å²) in [7, 11) is 0. The molecule has 0 aromatic heterocycles. The van der Waals surface area contributed by atoms with Gasteiger partial charge in [-0.1, -0.05) is 81.0 Å². The molecule has 0 saturated heterocycles. The van der Waals surface area contributed by atoms with Crippen molar-refractivity contribution in [2.24, 2.45) is 0 Å². The molecule has 0 aliphatic rings. The Morgan fingerprint density at radius 2 is 1.73 bits per heavy atom. The first kappa shape index (κ1) is 29.5. The van der Waals surface area contributed by atoms with E-state index >= 15 is 0 Å². The first-order chi connectivity index (χ1) is 15.7. The number of unbranched alkanes of at least 4 members (excludes halogenated alkanes) is 2. The Labute approximate surface area is 195 Å². The number of carbonyl (C=O) groups excluding carboxylic acids is 1. The zero-order chi connectivity index (χ0) is 25.1. The number of allylic oxidation sites excluding steroid dienone is 3. The van der Waals surface area contributed by atoms with E-state index in [1.54, 1.807) is 6.08 Å². The Kier molecular flexibility index (Phi) is 16.3. The monoisotopic (exact) mass is 458 g/mol. The highest BCUT2D eigenvalue weighted by Gasteiger charge is 2.08. The van der Waals surface area contributed by atoms with Crippen LogP contribution in [0.2, 0.25) is 0 Å². The molecule has 0 amide bonds. The van der Waals surface area contributed by atoms with Gasteiger partial charge in [0.15, 0.2) is 0 Å². The predicted octanol–water partition coefficient (Wildman–Crippen LogP) is 4.79. The van der Waals surface area contributed by atoms with Crippen LogP contribution >= 0.6 is 0 Å². The summed E-state index contributed by atoms with van der Waals surface area (Å²) in [6, 6.07) is 9.86. The van der Waals surface area contributed by atoms with Crippen LogP contribution in [-0.4, -0.2) is 46.4 Å². The molecule has 0 aliphatic carbocycles. The third-order valence-corrected chi connectivity index (χ3v) is 4.32. The molecule has 1 rings (SSSR count). The van der Waals surface area contributed by atoms with Crippen LogP contribution in [-0.2, 0) is 19.1 Å². The normalized spacial score (nSPS) is 11.5. The van der Waals surface area contributed by atoms with E-state index in [0.717, 1.165) is 24.8 Å². The molecule has 7 heteroatoms. The second-order valence-electron chi connectivity index (χ2n) is 7.08. The molecule has 0 fully saturated rings. The van der Waals surface area contributed by atoms with Gasteiger partial charge in [0.25, 0.3) is 0 Å². The molecule has 7 nitrogen and oxygen atoms in total. The Bertz CT molecular complexity index is 849. The first-order valence-electron chi connectivity index (χ1n) is 10.7. The summed E-state index contributed by atoms with van der Waals surface area (Å²) in [5, 5.41) is 26.0. The molecule has 0 bridgehead atoms. The summed E-state index contributed by atoms with van der Waals surface area (Å²) in [5.41, 5.74) is 1.86. The molecule has 3 N–H and O–H groups in total. The maximum atomic E-state index is 11.1. The lowest BCUT2D eigenvalue weighted by Crippen LogP contribution is -2.10. The largest absolute Gasteiger partial charge is 0.478 e. The van der Waals surface area contributed by atoms with Crippen LogP contribution in [0.4, 0.5) is 0 Å². The van der Waals surface area contributed by atoms with Gasteiger partial charge in [0.1, 0.15) is 6.61 Å². The van der Waals surface area contributed by atoms with E-state index in [4.69, 9.17) is 15.3 Å². The molecule has 0 atom stereocenters. The molecule has 1 aromatic carbocycles. The van der Waals surface area contributed by atoms with E-state index in [0.29, 0.717) is 12.0 Å². The third kappa shape index (κ3) is 15.1. The average Bonchev–Trinajstić information content (AvgIpc) is 2.80. The van der Waals surface area contributed by atoms with Crippen molar-refractivity contribution in [2.45, 2.75) is 46.0 Å². The van der Waals surface area contributed by atoms with Crippen LogP contribution in [0.15, 0.2) is 71.9 Å². The number of rotatable bonds is 13. The van der Waals surface area contributed by atoms with Gasteiger partial charge in [0, 0.05) is 16.7 Å². The van der Waals surface area contributed by atoms with E-state index in [9.17, 15) is 14.4 Å². The van der Waals surface area contributed by atoms with Crippen LogP contribution in [0.5, 0.6) is 0 Å². The van der Waals surface area contributed by atoms with E-state index < -0.39 is 17.9 Å². The number of hydrogen-bond donors (Lipinski definition) is 3. The second kappa shape index (κ2) is 18.2. The number of ether oxygens (including phenoxy) is 1. The van der Waals surface area contributed by atoms with E-state index in [1.165, 1.54) is 13.0 Å². The lowest BCUT2D eigenvalue weighted by atomic mass is 10.1. The Hall–Kier alpha value is -3.45. The SMILES string of the molecule is C=C(CC=C(C)C(=O)O)C(=O)OCCO.CCCCCC(=CC=Cc1ccccc1)C(=O)O. The molecular formula is C26H34O7. The van der Waals surface area contributed by atoms with Crippen LogP contribution in [0, 0.1) is 0 Å². The maximum absolute atomic E-state index is 11.1. The van der Waals surface area contributed by atoms with Crippen molar-refractivity contribution in [1.29, 1.82) is 0 Å². The van der Waals surface area contributed by atoms with Gasteiger partial charge in [-0.2, -0.15) is 0 Å². The summed E-state index contributed by atoms with van der Waals surface area (Å²) in [5.74, 6) is -2.48. The van der Waals surface area contributed by atoms with Crippen molar-refractivity contribution in [3.8, 4) is 0 Å². The molecule has 33 heavy (non-hydrogen) atoms. The minimum Gasteiger partial charge on any atom is -0.478 e. The number of aliphatic hydroxyl groups is 1. The van der Waals surface area contributed by atoms with E-state index in [2.05, 4.69) is 18.2 Å². The fraction of sp³-hybridized carbons (Fsp3) is 0.346. The smallest absolute Gasteiger partial charge is 0.333 e. The summed E-state index contributed by atoms with van der Waals surface area (Å²) < 4.78 is 4.58. The van der Waals surface area contributed by atoms with Gasteiger partial charge in [0.2, 0.25) is 0 Å². The molecule has 0 aliphatic heterocycles. The fourth-order valence-electron chi connectivity index (χ4n) is 2.35. The lowest BCUT2D eigenvalue weighted by Gasteiger charge is -2.03. The van der Waals surface area contributed by atoms with Crippen molar-refractivity contribution < 1.29 is 34.4 Å². The number of carboxylic acid groups (broad SMARTS) is 2. The lowest BCUT2D eigenvalue weighted by molar-refractivity contribution is -0.140. The van der Waals surface area contributed by atoms with Gasteiger partial charge in [-0.25, -0.2) is 14.4 Å². The third-order valence-electron chi connectivity index (χ3n) is 4.32. The molecule has 0 saturated carbocycles. The zero-order valence-electron chi connectivity index (χ0n) is 19.3. The predicted molar refractivity (Wildman–Crippen MR) is 129 cm³/mol. The second-order valence-corrected chi connectivity index (χ2v) is 7.08. The number of aliphatic carboxylic acids is 2. The van der Waals surface area contributed by atoms with Crippen LogP contribution < -0.4 is 0 Å². The van der Waals surface area contributed by atoms with Crippen molar-refractivity contribution >= 4 is 24.0 Å². The molecule has 0 heterocycles. The summed E-state index contributed by atoms with van der Waals surface area (Å²) in [6.45, 7) is 6.65. The van der Waals surface area contributed by atoms with Crippen LogP contribution in [0.1, 0.15) is 51.5 Å². The van der Waals surface area contributed by atoms with Gasteiger partial charge in [-0.05, 0) is 31.7 Å². The van der Waals surface area contributed by atoms with Gasteiger partial charge in [-0.3, -0.25) is 0 Å². The number of esters is 1. The fourth-order valence-corrected chi connectivity index (χ4v) is 2.35. The average molecular weight is 459 g/mol. The van der Waals surface area contributed by atoms with Gasteiger partial charge in [-0.15, -0.1) is 0 Å². The number of carboxylic acids is 2. The quantitative estimate of drug-likeness (QED) is 0.168. The van der Waals surface area contributed by atoms with Gasteiger partial charge >= 0.3 is 17.9 Å². The van der Waals surface area contributed by atoms with Crippen molar-refractivity contribution in [2.75, 3.05) is 13.2 Å². The Balaban J connectivity index is 0.000000633. The minimum atomic E-state index is -1.04.